The molecule has 1 heterocycles. The van der Waals surface area contributed by atoms with Crippen LogP contribution in [0.15, 0.2) is 66.7 Å². The molecule has 3 aromatic rings. The van der Waals surface area contributed by atoms with Crippen LogP contribution >= 0.6 is 0 Å². The minimum absolute atomic E-state index is 0.0557. The summed E-state index contributed by atoms with van der Waals surface area (Å²) in [5, 5.41) is 4.08. The van der Waals surface area contributed by atoms with Crippen molar-refractivity contribution in [2.75, 3.05) is 11.4 Å². The van der Waals surface area contributed by atoms with Crippen LogP contribution in [0.1, 0.15) is 37.6 Å². The van der Waals surface area contributed by atoms with E-state index in [2.05, 4.69) is 59.6 Å². The summed E-state index contributed by atoms with van der Waals surface area (Å²) < 4.78 is 0. The predicted molar refractivity (Wildman–Crippen MR) is 121 cm³/mol. The van der Waals surface area contributed by atoms with Crippen molar-refractivity contribution < 1.29 is 4.79 Å². The van der Waals surface area contributed by atoms with Crippen molar-refractivity contribution >= 4 is 22.6 Å². The van der Waals surface area contributed by atoms with Crippen molar-refractivity contribution in [3.63, 3.8) is 0 Å². The van der Waals surface area contributed by atoms with Crippen LogP contribution in [0, 0.1) is 5.92 Å². The molecule has 0 radical (unpaired) electrons. The van der Waals surface area contributed by atoms with Gasteiger partial charge in [0, 0.05) is 24.4 Å². The van der Waals surface area contributed by atoms with Crippen LogP contribution in [0.2, 0.25) is 0 Å². The molecule has 1 aliphatic rings. The highest BCUT2D eigenvalue weighted by molar-refractivity contribution is 5.89. The number of aromatic nitrogens is 2. The predicted octanol–water partition coefficient (Wildman–Crippen LogP) is 4.63. The molecule has 0 unspecified atom stereocenters. The lowest BCUT2D eigenvalue weighted by atomic mass is 9.94. The van der Waals surface area contributed by atoms with E-state index in [0.717, 1.165) is 49.1 Å². The van der Waals surface area contributed by atoms with Crippen molar-refractivity contribution in [3.8, 4) is 0 Å². The second kappa shape index (κ2) is 9.53. The Labute approximate surface area is 177 Å². The van der Waals surface area contributed by atoms with Crippen molar-refractivity contribution in [2.24, 2.45) is 5.92 Å². The van der Waals surface area contributed by atoms with Gasteiger partial charge < -0.3 is 10.2 Å². The third-order valence-corrected chi connectivity index (χ3v) is 5.59. The SMILES string of the molecule is CCN(Cc1ccccc1)c1nc(CNC(=O)[C@H]2CC=CCC2)nc2ccccc12. The van der Waals surface area contributed by atoms with Gasteiger partial charge in [0.1, 0.15) is 5.82 Å². The third kappa shape index (κ3) is 4.67. The number of fused-ring (bicyclic) bond motifs is 1. The molecule has 1 aliphatic carbocycles. The smallest absolute Gasteiger partial charge is 0.223 e. The largest absolute Gasteiger partial charge is 0.352 e. The van der Waals surface area contributed by atoms with E-state index in [1.807, 2.05) is 24.3 Å². The zero-order valence-corrected chi connectivity index (χ0v) is 17.4. The molecular weight excluding hydrogens is 372 g/mol. The monoisotopic (exact) mass is 400 g/mol. The van der Waals surface area contributed by atoms with Gasteiger partial charge in [0.05, 0.1) is 12.1 Å². The van der Waals surface area contributed by atoms with E-state index in [1.54, 1.807) is 0 Å². The van der Waals surface area contributed by atoms with E-state index < -0.39 is 0 Å². The number of anilines is 1. The van der Waals surface area contributed by atoms with E-state index in [1.165, 1.54) is 5.56 Å². The van der Waals surface area contributed by atoms with Gasteiger partial charge >= 0.3 is 0 Å². The maximum atomic E-state index is 12.5. The summed E-state index contributed by atoms with van der Waals surface area (Å²) in [4.78, 5) is 24.4. The summed E-state index contributed by atoms with van der Waals surface area (Å²) in [6.45, 7) is 4.09. The quantitative estimate of drug-likeness (QED) is 0.588. The molecule has 0 spiro atoms. The molecule has 4 rings (SSSR count). The van der Waals surface area contributed by atoms with Crippen LogP contribution < -0.4 is 10.2 Å². The van der Waals surface area contributed by atoms with Crippen LogP contribution in [-0.4, -0.2) is 22.4 Å². The summed E-state index contributed by atoms with van der Waals surface area (Å²) in [6, 6.07) is 18.5. The Balaban J connectivity index is 1.58. The molecule has 1 atom stereocenters. The van der Waals surface area contributed by atoms with E-state index in [0.29, 0.717) is 12.4 Å². The summed E-state index contributed by atoms with van der Waals surface area (Å²) in [6.07, 6.45) is 6.94. The topological polar surface area (TPSA) is 58.1 Å². The summed E-state index contributed by atoms with van der Waals surface area (Å²) in [5.74, 6) is 1.71. The number of hydrogen-bond donors (Lipinski definition) is 1. The minimum atomic E-state index is 0.0557. The molecule has 30 heavy (non-hydrogen) atoms. The highest BCUT2D eigenvalue weighted by atomic mass is 16.1. The Morgan fingerprint density at radius 3 is 2.63 bits per heavy atom. The molecule has 0 aliphatic heterocycles. The lowest BCUT2D eigenvalue weighted by Crippen LogP contribution is -2.31. The summed E-state index contributed by atoms with van der Waals surface area (Å²) in [5.41, 5.74) is 2.14. The molecular formula is C25H28N4O. The van der Waals surface area contributed by atoms with E-state index in [9.17, 15) is 4.79 Å². The van der Waals surface area contributed by atoms with Crippen LogP contribution in [-0.2, 0) is 17.9 Å². The van der Waals surface area contributed by atoms with Crippen LogP contribution in [0.5, 0.6) is 0 Å². The van der Waals surface area contributed by atoms with E-state index in [4.69, 9.17) is 9.97 Å². The number of amides is 1. The Bertz CT molecular complexity index is 1030. The maximum Gasteiger partial charge on any atom is 0.223 e. The molecule has 0 fully saturated rings. The molecule has 0 saturated heterocycles. The fourth-order valence-electron chi connectivity index (χ4n) is 3.91. The first-order valence-electron chi connectivity index (χ1n) is 10.7. The molecule has 1 amide bonds. The number of carbonyl (C=O) groups excluding carboxylic acids is 1. The van der Waals surface area contributed by atoms with Gasteiger partial charge in [0.15, 0.2) is 5.82 Å². The van der Waals surface area contributed by atoms with Crippen molar-refractivity contribution in [1.82, 2.24) is 15.3 Å². The number of nitrogens with zero attached hydrogens (tertiary/aromatic N) is 3. The lowest BCUT2D eigenvalue weighted by molar-refractivity contribution is -0.125. The Morgan fingerprint density at radius 2 is 1.87 bits per heavy atom. The van der Waals surface area contributed by atoms with Gasteiger partial charge in [-0.1, -0.05) is 54.6 Å². The van der Waals surface area contributed by atoms with E-state index in [-0.39, 0.29) is 11.8 Å². The fraction of sp³-hybridized carbons (Fsp3) is 0.320. The van der Waals surface area contributed by atoms with Gasteiger partial charge in [-0.05, 0) is 43.9 Å². The summed E-state index contributed by atoms with van der Waals surface area (Å²) in [7, 11) is 0. The summed E-state index contributed by atoms with van der Waals surface area (Å²) >= 11 is 0. The lowest BCUT2D eigenvalue weighted by Gasteiger charge is -2.24. The van der Waals surface area contributed by atoms with Gasteiger partial charge in [0.25, 0.3) is 0 Å². The highest BCUT2D eigenvalue weighted by Gasteiger charge is 2.19. The van der Waals surface area contributed by atoms with Crippen molar-refractivity contribution in [3.05, 3.63) is 78.1 Å². The Morgan fingerprint density at radius 1 is 1.07 bits per heavy atom. The number of allylic oxidation sites excluding steroid dienone is 2. The Kier molecular flexibility index (Phi) is 6.38. The zero-order chi connectivity index (χ0) is 20.8. The number of nitrogens with one attached hydrogen (secondary N) is 1. The number of carbonyl (C=O) groups is 1. The third-order valence-electron chi connectivity index (χ3n) is 5.59. The van der Waals surface area contributed by atoms with Gasteiger partial charge in [-0.3, -0.25) is 4.79 Å². The van der Waals surface area contributed by atoms with Crippen molar-refractivity contribution in [1.29, 1.82) is 0 Å². The first-order chi connectivity index (χ1) is 14.7. The first kappa shape index (κ1) is 20.1. The molecule has 1 N–H and O–H groups in total. The second-order valence-corrected chi connectivity index (χ2v) is 7.68. The van der Waals surface area contributed by atoms with Crippen LogP contribution in [0.25, 0.3) is 10.9 Å². The maximum absolute atomic E-state index is 12.5. The number of hydrogen-bond acceptors (Lipinski definition) is 4. The number of benzene rings is 2. The Hall–Kier alpha value is -3.21. The van der Waals surface area contributed by atoms with Gasteiger partial charge in [0.2, 0.25) is 5.91 Å². The molecule has 154 valence electrons. The standard InChI is InChI=1S/C25H28N4O/c1-2-29(18-19-11-5-3-6-12-19)24-21-15-9-10-16-22(21)27-23(28-24)17-26-25(30)20-13-7-4-8-14-20/h3-7,9-12,15-16,20H,2,8,13-14,17-18H2,1H3,(H,26,30)/t20-/m0/s1. The molecule has 1 aromatic heterocycles. The van der Waals surface area contributed by atoms with Gasteiger partial charge in [-0.2, -0.15) is 0 Å². The molecule has 2 aromatic carbocycles. The minimum Gasteiger partial charge on any atom is -0.352 e. The second-order valence-electron chi connectivity index (χ2n) is 7.68. The van der Waals surface area contributed by atoms with Gasteiger partial charge in [-0.25, -0.2) is 9.97 Å². The molecule has 0 bridgehead atoms. The van der Waals surface area contributed by atoms with Crippen molar-refractivity contribution in [2.45, 2.75) is 39.3 Å². The zero-order valence-electron chi connectivity index (χ0n) is 17.4. The van der Waals surface area contributed by atoms with E-state index >= 15 is 0 Å². The van der Waals surface area contributed by atoms with Crippen LogP contribution in [0.4, 0.5) is 5.82 Å². The first-order valence-corrected chi connectivity index (χ1v) is 10.7. The van der Waals surface area contributed by atoms with Crippen LogP contribution in [0.3, 0.4) is 0 Å². The highest BCUT2D eigenvalue weighted by Crippen LogP contribution is 2.25. The normalized spacial score (nSPS) is 15.8. The molecule has 5 heteroatoms. The average molecular weight is 401 g/mol. The van der Waals surface area contributed by atoms with Gasteiger partial charge in [-0.15, -0.1) is 0 Å². The fourth-order valence-corrected chi connectivity index (χ4v) is 3.91. The molecule has 0 saturated carbocycles. The molecule has 5 nitrogen and oxygen atoms in total. The number of rotatable bonds is 7. The average Bonchev–Trinajstić information content (AvgIpc) is 2.81. The number of para-hydroxylation sites is 1.